The number of benzene rings is 1. The quantitative estimate of drug-likeness (QED) is 0.226. The minimum Gasteiger partial charge on any atom is -0.489 e. The summed E-state index contributed by atoms with van der Waals surface area (Å²) in [4.78, 5) is 4.20. The number of nitrogens with zero attached hydrogens (tertiary/aromatic N) is 1. The molecule has 5 nitrogen and oxygen atoms in total. The Labute approximate surface area is 167 Å². The van der Waals surface area contributed by atoms with Crippen LogP contribution in [0.25, 0.3) is 0 Å². The van der Waals surface area contributed by atoms with E-state index in [-0.39, 0.29) is 35.9 Å². The van der Waals surface area contributed by atoms with Crippen LogP contribution in [-0.4, -0.2) is 45.9 Å². The molecule has 25 heavy (non-hydrogen) atoms. The number of ether oxygens (including phenoxy) is 2. The van der Waals surface area contributed by atoms with Gasteiger partial charge in [-0.2, -0.15) is 0 Å². The summed E-state index contributed by atoms with van der Waals surface area (Å²) in [5, 5.41) is 6.53. The molecule has 0 fully saturated rings. The number of unbranched alkanes of at least 4 members (excludes halogenated alkanes) is 2. The predicted octanol–water partition coefficient (Wildman–Crippen LogP) is 3.58. The van der Waals surface area contributed by atoms with Gasteiger partial charge in [-0.25, -0.2) is 4.39 Å². The first-order valence-corrected chi connectivity index (χ1v) is 8.55. The number of hydrogen-bond acceptors (Lipinski definition) is 3. The van der Waals surface area contributed by atoms with Gasteiger partial charge in [-0.3, -0.25) is 4.99 Å². The molecule has 0 heterocycles. The maximum absolute atomic E-state index is 13.2. The molecule has 1 aromatic rings. The molecule has 0 aromatic heterocycles. The van der Waals surface area contributed by atoms with E-state index in [9.17, 15) is 4.39 Å². The summed E-state index contributed by atoms with van der Waals surface area (Å²) in [6.45, 7) is 4.32. The molecule has 1 rings (SSSR count). The number of guanidine groups is 1. The van der Waals surface area contributed by atoms with Gasteiger partial charge in [-0.1, -0.05) is 13.0 Å². The average molecular weight is 467 g/mol. The summed E-state index contributed by atoms with van der Waals surface area (Å²) in [6.07, 6.45) is 4.03. The number of hydrogen-bond donors (Lipinski definition) is 2. The zero-order valence-corrected chi connectivity index (χ0v) is 17.7. The molecule has 0 saturated heterocycles. The lowest BCUT2D eigenvalue weighted by Gasteiger charge is -2.20. The molecule has 0 aliphatic rings. The molecule has 0 spiro atoms. The lowest BCUT2D eigenvalue weighted by molar-refractivity contribution is 0.192. The topological polar surface area (TPSA) is 54.9 Å². The molecule has 1 atom stereocenters. The molecule has 0 saturated carbocycles. The molecule has 0 aliphatic carbocycles. The molecule has 144 valence electrons. The van der Waals surface area contributed by atoms with Crippen LogP contribution in [0.4, 0.5) is 4.39 Å². The van der Waals surface area contributed by atoms with Crippen LogP contribution in [0.1, 0.15) is 32.6 Å². The van der Waals surface area contributed by atoms with E-state index >= 15 is 0 Å². The van der Waals surface area contributed by atoms with E-state index in [0.29, 0.717) is 12.3 Å². The second kappa shape index (κ2) is 15.2. The minimum atomic E-state index is -0.290. The zero-order valence-electron chi connectivity index (χ0n) is 15.4. The maximum Gasteiger partial charge on any atom is 0.191 e. The predicted molar refractivity (Wildman–Crippen MR) is 112 cm³/mol. The van der Waals surface area contributed by atoms with E-state index in [1.807, 2.05) is 6.92 Å². The number of halogens is 2. The largest absolute Gasteiger partial charge is 0.489 e. The summed E-state index contributed by atoms with van der Waals surface area (Å²) in [5.41, 5.74) is 0. The highest BCUT2D eigenvalue weighted by atomic mass is 127. The van der Waals surface area contributed by atoms with Gasteiger partial charge in [0.15, 0.2) is 5.96 Å². The normalized spacial score (nSPS) is 12.2. The lowest BCUT2D eigenvalue weighted by Crippen LogP contribution is -2.42. The van der Waals surface area contributed by atoms with Gasteiger partial charge >= 0.3 is 0 Å². The second-order valence-corrected chi connectivity index (χ2v) is 5.54. The summed E-state index contributed by atoms with van der Waals surface area (Å²) >= 11 is 0. The fourth-order valence-electron chi connectivity index (χ4n) is 2.19. The Balaban J connectivity index is 0.00000576. The first-order chi connectivity index (χ1) is 11.7. The maximum atomic E-state index is 13.2. The molecule has 0 aliphatic heterocycles. The Morgan fingerprint density at radius 1 is 1.24 bits per heavy atom. The van der Waals surface area contributed by atoms with Crippen LogP contribution in [-0.2, 0) is 4.74 Å². The molecular weight excluding hydrogens is 436 g/mol. The van der Waals surface area contributed by atoms with Crippen molar-refractivity contribution in [3.63, 3.8) is 0 Å². The number of nitrogens with one attached hydrogen (secondary N) is 2. The van der Waals surface area contributed by atoms with Gasteiger partial charge in [0.05, 0.1) is 6.54 Å². The molecule has 1 aromatic carbocycles. The van der Waals surface area contributed by atoms with E-state index in [0.717, 1.165) is 44.8 Å². The Bertz CT molecular complexity index is 489. The van der Waals surface area contributed by atoms with E-state index in [1.165, 1.54) is 12.1 Å². The third kappa shape index (κ3) is 11.2. The third-order valence-electron chi connectivity index (χ3n) is 3.59. The van der Waals surface area contributed by atoms with Crippen molar-refractivity contribution < 1.29 is 13.9 Å². The van der Waals surface area contributed by atoms with Crippen molar-refractivity contribution in [1.29, 1.82) is 0 Å². The highest BCUT2D eigenvalue weighted by Gasteiger charge is 2.09. The number of rotatable bonds is 11. The second-order valence-electron chi connectivity index (χ2n) is 5.54. The monoisotopic (exact) mass is 467 g/mol. The number of aliphatic imine (C=N–C) groups is 1. The zero-order chi connectivity index (χ0) is 17.6. The Hall–Kier alpha value is -1.09. The van der Waals surface area contributed by atoms with Crippen molar-refractivity contribution in [2.45, 2.75) is 38.7 Å². The fraction of sp³-hybridized carbons (Fsp3) is 0.611. The molecule has 1 unspecified atom stereocenters. The Morgan fingerprint density at radius 3 is 2.68 bits per heavy atom. The average Bonchev–Trinajstić information content (AvgIpc) is 2.59. The number of methoxy groups -OCH3 is 1. The summed E-state index contributed by atoms with van der Waals surface area (Å²) in [7, 11) is 3.47. The van der Waals surface area contributed by atoms with Gasteiger partial charge in [0, 0.05) is 33.4 Å². The van der Waals surface area contributed by atoms with Gasteiger partial charge in [-0.05, 0) is 37.8 Å². The molecule has 0 radical (unpaired) electrons. The van der Waals surface area contributed by atoms with Gasteiger partial charge in [0.2, 0.25) is 0 Å². The van der Waals surface area contributed by atoms with E-state index in [2.05, 4.69) is 15.6 Å². The molecule has 0 bridgehead atoms. The molecule has 7 heteroatoms. The fourth-order valence-corrected chi connectivity index (χ4v) is 2.19. The van der Waals surface area contributed by atoms with Crippen molar-refractivity contribution in [2.24, 2.45) is 4.99 Å². The van der Waals surface area contributed by atoms with Crippen LogP contribution in [0, 0.1) is 5.82 Å². The van der Waals surface area contributed by atoms with Crippen molar-refractivity contribution in [3.8, 4) is 5.75 Å². The van der Waals surface area contributed by atoms with Gasteiger partial charge in [0.1, 0.15) is 17.7 Å². The highest BCUT2D eigenvalue weighted by molar-refractivity contribution is 14.0. The molecule has 2 N–H and O–H groups in total. The van der Waals surface area contributed by atoms with E-state index in [4.69, 9.17) is 9.47 Å². The van der Waals surface area contributed by atoms with Crippen molar-refractivity contribution in [1.82, 2.24) is 10.6 Å². The summed E-state index contributed by atoms with van der Waals surface area (Å²) in [5.74, 6) is 1.01. The standard InChI is InChI=1S/C18H30FN3O2.HI/c1-4-16(24-17-10-8-9-15(19)13-17)14-22-18(20-2)21-11-6-5-7-12-23-3;/h8-10,13,16H,4-7,11-12,14H2,1-3H3,(H2,20,21,22);1H. The highest BCUT2D eigenvalue weighted by Crippen LogP contribution is 2.14. The molecular formula is C18H31FIN3O2. The Kier molecular flexibility index (Phi) is 14.5. The van der Waals surface area contributed by atoms with Crippen LogP contribution in [0.3, 0.4) is 0 Å². The van der Waals surface area contributed by atoms with Crippen molar-refractivity contribution in [3.05, 3.63) is 30.1 Å². The van der Waals surface area contributed by atoms with Gasteiger partial charge in [-0.15, -0.1) is 24.0 Å². The first-order valence-electron chi connectivity index (χ1n) is 8.55. The first kappa shape index (κ1) is 23.9. The lowest BCUT2D eigenvalue weighted by atomic mass is 10.2. The van der Waals surface area contributed by atoms with Crippen molar-refractivity contribution >= 4 is 29.9 Å². The van der Waals surface area contributed by atoms with Crippen LogP contribution in [0.5, 0.6) is 5.75 Å². The summed E-state index contributed by atoms with van der Waals surface area (Å²) < 4.78 is 24.0. The Morgan fingerprint density at radius 2 is 2.04 bits per heavy atom. The summed E-state index contributed by atoms with van der Waals surface area (Å²) in [6, 6.07) is 6.22. The van der Waals surface area contributed by atoms with E-state index in [1.54, 1.807) is 26.3 Å². The minimum absolute atomic E-state index is 0. The van der Waals surface area contributed by atoms with Gasteiger partial charge < -0.3 is 20.1 Å². The van der Waals surface area contributed by atoms with Gasteiger partial charge in [0.25, 0.3) is 0 Å². The SMILES string of the molecule is CCC(CNC(=NC)NCCCCCOC)Oc1cccc(F)c1.I. The third-order valence-corrected chi connectivity index (χ3v) is 3.59. The van der Waals surface area contributed by atoms with Crippen LogP contribution in [0.2, 0.25) is 0 Å². The molecule has 0 amide bonds. The van der Waals surface area contributed by atoms with E-state index < -0.39 is 0 Å². The van der Waals surface area contributed by atoms with Crippen LogP contribution >= 0.6 is 24.0 Å². The smallest absolute Gasteiger partial charge is 0.191 e. The van der Waals surface area contributed by atoms with Crippen LogP contribution < -0.4 is 15.4 Å². The van der Waals surface area contributed by atoms with Crippen molar-refractivity contribution in [2.75, 3.05) is 33.9 Å². The van der Waals surface area contributed by atoms with Crippen LogP contribution in [0.15, 0.2) is 29.3 Å².